The van der Waals surface area contributed by atoms with Crippen LogP contribution in [0, 0.1) is 6.42 Å². The first-order valence-electron chi connectivity index (χ1n) is 8.01. The maximum atomic E-state index is 12.7. The second-order valence-electron chi connectivity index (χ2n) is 6.26. The van der Waals surface area contributed by atoms with Crippen molar-refractivity contribution in [2.45, 2.75) is 77.7 Å². The predicted octanol–water partition coefficient (Wildman–Crippen LogP) is 5.03. The molecule has 1 aromatic carbocycles. The molecule has 0 heterocycles. The number of hydrogen-bond donors (Lipinski definition) is 1. The van der Waals surface area contributed by atoms with Gasteiger partial charge in [-0.1, -0.05) is 70.9 Å². The first-order chi connectivity index (χ1) is 9.81. The van der Waals surface area contributed by atoms with Gasteiger partial charge in [-0.15, -0.1) is 0 Å². The van der Waals surface area contributed by atoms with Gasteiger partial charge in [0.15, 0.2) is 0 Å². The predicted molar refractivity (Wildman–Crippen MR) is 94.7 cm³/mol. The van der Waals surface area contributed by atoms with Crippen LogP contribution in [-0.4, -0.2) is 11.9 Å². The Morgan fingerprint density at radius 2 is 1.68 bits per heavy atom. The van der Waals surface area contributed by atoms with Crippen LogP contribution in [0.15, 0.2) is 30.3 Å². The SMILES string of the molecule is C.C.O=C(NC1[CH]CCCCCC1)C1(c2ccccc2)CC1. The van der Waals surface area contributed by atoms with E-state index in [4.69, 9.17) is 0 Å². The summed E-state index contributed by atoms with van der Waals surface area (Å²) in [7, 11) is 0. The van der Waals surface area contributed by atoms with Crippen LogP contribution in [-0.2, 0) is 10.2 Å². The summed E-state index contributed by atoms with van der Waals surface area (Å²) in [4.78, 5) is 12.7. The Hall–Kier alpha value is -1.31. The zero-order chi connectivity index (χ0) is 13.8. The van der Waals surface area contributed by atoms with Crippen molar-refractivity contribution >= 4 is 5.91 Å². The molecule has 1 N–H and O–H groups in total. The lowest BCUT2D eigenvalue weighted by Gasteiger charge is -2.24. The van der Waals surface area contributed by atoms with Crippen molar-refractivity contribution in [2.24, 2.45) is 0 Å². The van der Waals surface area contributed by atoms with Crippen LogP contribution in [0.5, 0.6) is 0 Å². The van der Waals surface area contributed by atoms with Gasteiger partial charge < -0.3 is 5.32 Å². The maximum absolute atomic E-state index is 12.7. The molecule has 22 heavy (non-hydrogen) atoms. The lowest BCUT2D eigenvalue weighted by molar-refractivity contribution is -0.124. The Labute approximate surface area is 136 Å². The van der Waals surface area contributed by atoms with Gasteiger partial charge >= 0.3 is 0 Å². The minimum atomic E-state index is -0.225. The Kier molecular flexibility index (Phi) is 7.12. The molecule has 0 aliphatic heterocycles. The lowest BCUT2D eigenvalue weighted by atomic mass is 9.92. The van der Waals surface area contributed by atoms with Gasteiger partial charge in [-0.05, 0) is 37.7 Å². The summed E-state index contributed by atoms with van der Waals surface area (Å²) in [6.45, 7) is 0. The third kappa shape index (κ3) is 4.12. The van der Waals surface area contributed by atoms with Crippen molar-refractivity contribution in [1.29, 1.82) is 0 Å². The highest BCUT2D eigenvalue weighted by Gasteiger charge is 2.51. The summed E-state index contributed by atoms with van der Waals surface area (Å²) >= 11 is 0. The summed E-state index contributed by atoms with van der Waals surface area (Å²) in [5.74, 6) is 0.241. The molecule has 1 radical (unpaired) electrons. The van der Waals surface area contributed by atoms with Crippen LogP contribution in [0.25, 0.3) is 0 Å². The van der Waals surface area contributed by atoms with Crippen molar-refractivity contribution in [3.05, 3.63) is 42.3 Å². The van der Waals surface area contributed by atoms with E-state index in [1.807, 2.05) is 18.2 Å². The van der Waals surface area contributed by atoms with Crippen LogP contribution in [0.4, 0.5) is 0 Å². The topological polar surface area (TPSA) is 29.1 Å². The highest BCUT2D eigenvalue weighted by Crippen LogP contribution is 2.48. The van der Waals surface area contributed by atoms with Gasteiger partial charge in [0.25, 0.3) is 0 Å². The summed E-state index contributed by atoms with van der Waals surface area (Å²) < 4.78 is 0. The van der Waals surface area contributed by atoms with Gasteiger partial charge in [-0.25, -0.2) is 0 Å². The van der Waals surface area contributed by atoms with Crippen molar-refractivity contribution in [3.63, 3.8) is 0 Å². The number of benzene rings is 1. The largest absolute Gasteiger partial charge is 0.352 e. The molecule has 1 amide bonds. The molecular weight excluding hydrogens is 270 g/mol. The molecule has 2 aliphatic rings. The molecule has 2 nitrogen and oxygen atoms in total. The fraction of sp³-hybridized carbons (Fsp3) is 0.600. The summed E-state index contributed by atoms with van der Waals surface area (Å²) in [5.41, 5.74) is 0.959. The fourth-order valence-corrected chi connectivity index (χ4v) is 3.27. The average molecular weight is 302 g/mol. The average Bonchev–Trinajstić information content (AvgIpc) is 3.24. The molecule has 0 bridgehead atoms. The third-order valence-corrected chi connectivity index (χ3v) is 4.75. The zero-order valence-electron chi connectivity index (χ0n) is 12.1. The van der Waals surface area contributed by atoms with Gasteiger partial charge in [0, 0.05) is 6.04 Å². The number of hydrogen-bond acceptors (Lipinski definition) is 1. The van der Waals surface area contributed by atoms with E-state index >= 15 is 0 Å². The molecule has 0 aromatic heterocycles. The zero-order valence-corrected chi connectivity index (χ0v) is 12.1. The number of carbonyl (C=O) groups is 1. The summed E-state index contributed by atoms with van der Waals surface area (Å²) in [6, 6.07) is 10.5. The lowest BCUT2D eigenvalue weighted by Crippen LogP contribution is -2.42. The minimum Gasteiger partial charge on any atom is -0.352 e. The van der Waals surface area contributed by atoms with Crippen molar-refractivity contribution in [3.8, 4) is 0 Å². The second-order valence-corrected chi connectivity index (χ2v) is 6.26. The van der Waals surface area contributed by atoms with Crippen LogP contribution in [0.1, 0.15) is 71.8 Å². The summed E-state index contributed by atoms with van der Waals surface area (Å²) in [5, 5.41) is 3.29. The highest BCUT2D eigenvalue weighted by atomic mass is 16.2. The van der Waals surface area contributed by atoms with Gasteiger partial charge in [-0.2, -0.15) is 0 Å². The maximum Gasteiger partial charge on any atom is 0.230 e. The van der Waals surface area contributed by atoms with E-state index in [0.717, 1.165) is 25.7 Å². The van der Waals surface area contributed by atoms with Gasteiger partial charge in [0.05, 0.1) is 5.41 Å². The molecule has 1 atom stereocenters. The minimum absolute atomic E-state index is 0. The van der Waals surface area contributed by atoms with Gasteiger partial charge in [0.1, 0.15) is 0 Å². The molecule has 0 spiro atoms. The van der Waals surface area contributed by atoms with Crippen LogP contribution in [0.3, 0.4) is 0 Å². The molecule has 1 unspecified atom stereocenters. The molecule has 1 aromatic rings. The van der Waals surface area contributed by atoms with Gasteiger partial charge in [0.2, 0.25) is 5.91 Å². The molecule has 2 fully saturated rings. The number of nitrogens with one attached hydrogen (secondary N) is 1. The van der Waals surface area contributed by atoms with E-state index in [1.165, 1.54) is 31.2 Å². The van der Waals surface area contributed by atoms with E-state index in [1.54, 1.807) is 0 Å². The monoisotopic (exact) mass is 302 g/mol. The number of carbonyl (C=O) groups excluding carboxylic acids is 1. The molecule has 123 valence electrons. The van der Waals surface area contributed by atoms with E-state index in [0.29, 0.717) is 0 Å². The van der Waals surface area contributed by atoms with Crippen molar-refractivity contribution in [1.82, 2.24) is 5.32 Å². The van der Waals surface area contributed by atoms with Crippen molar-refractivity contribution < 1.29 is 4.79 Å². The Bertz CT molecular complexity index is 442. The smallest absolute Gasteiger partial charge is 0.230 e. The first kappa shape index (κ1) is 18.7. The van der Waals surface area contributed by atoms with Crippen LogP contribution < -0.4 is 5.32 Å². The first-order valence-corrected chi connectivity index (χ1v) is 8.01. The highest BCUT2D eigenvalue weighted by molar-refractivity contribution is 5.91. The normalized spacial score (nSPS) is 20.5. The van der Waals surface area contributed by atoms with E-state index < -0.39 is 0 Å². The molecule has 0 saturated heterocycles. The molecule has 2 aliphatic carbocycles. The van der Waals surface area contributed by atoms with E-state index in [-0.39, 0.29) is 32.2 Å². The molecule has 3 rings (SSSR count). The van der Waals surface area contributed by atoms with Crippen LogP contribution in [0.2, 0.25) is 0 Å². The Morgan fingerprint density at radius 1 is 1.00 bits per heavy atom. The Morgan fingerprint density at radius 3 is 2.36 bits per heavy atom. The van der Waals surface area contributed by atoms with E-state index in [9.17, 15) is 4.79 Å². The van der Waals surface area contributed by atoms with E-state index in [2.05, 4.69) is 23.9 Å². The van der Waals surface area contributed by atoms with Gasteiger partial charge in [-0.3, -0.25) is 4.79 Å². The number of amides is 1. The quantitative estimate of drug-likeness (QED) is 0.833. The van der Waals surface area contributed by atoms with Crippen molar-refractivity contribution in [2.75, 3.05) is 0 Å². The Balaban J connectivity index is 0.00000121. The summed E-state index contributed by atoms with van der Waals surface area (Å²) in [6.07, 6.45) is 11.7. The van der Waals surface area contributed by atoms with Crippen LogP contribution >= 0.6 is 0 Å². The third-order valence-electron chi connectivity index (χ3n) is 4.75. The standard InChI is InChI=1S/C18H24NO.2CH4/c20-17(19-16-11-7-2-1-3-8-12-16)18(13-14-18)15-9-5-4-6-10-15;;/h4-6,9-11,16H,1-3,7-8,12-14H2,(H,19,20);2*1H4. The fourth-order valence-electron chi connectivity index (χ4n) is 3.27. The second kappa shape index (κ2) is 8.36. The number of rotatable bonds is 3. The molecule has 2 heteroatoms. The molecule has 2 saturated carbocycles. The molecular formula is C20H32NO.